The van der Waals surface area contributed by atoms with Gasteiger partial charge < -0.3 is 9.32 Å². The molecule has 0 aliphatic carbocycles. The SMILES string of the molecule is CCN(CC)c1ccc(-c2nnc(SCCC#N)o2)cc1. The smallest absolute Gasteiger partial charge is 0.276 e. The van der Waals surface area contributed by atoms with Crippen LogP contribution >= 0.6 is 11.8 Å². The minimum atomic E-state index is 0.473. The highest BCUT2D eigenvalue weighted by Crippen LogP contribution is 2.25. The van der Waals surface area contributed by atoms with Gasteiger partial charge in [-0.3, -0.25) is 0 Å². The number of hydrogen-bond donors (Lipinski definition) is 0. The number of nitriles is 1. The number of benzene rings is 1. The van der Waals surface area contributed by atoms with E-state index in [1.165, 1.54) is 17.4 Å². The molecule has 0 saturated carbocycles. The van der Waals surface area contributed by atoms with Gasteiger partial charge in [0.05, 0.1) is 6.07 Å². The van der Waals surface area contributed by atoms with E-state index in [0.717, 1.165) is 18.7 Å². The number of rotatable bonds is 7. The molecular formula is C15H18N4OS. The van der Waals surface area contributed by atoms with Crippen LogP contribution in [0.3, 0.4) is 0 Å². The van der Waals surface area contributed by atoms with E-state index >= 15 is 0 Å². The van der Waals surface area contributed by atoms with Crippen LogP contribution < -0.4 is 4.90 Å². The van der Waals surface area contributed by atoms with E-state index in [-0.39, 0.29) is 0 Å². The standard InChI is InChI=1S/C15H18N4OS/c1-3-19(4-2)13-8-6-12(7-9-13)14-17-18-15(20-14)21-11-5-10-16/h6-9H,3-5,11H2,1-2H3. The third kappa shape index (κ3) is 3.99. The molecule has 21 heavy (non-hydrogen) atoms. The van der Waals surface area contributed by atoms with Crippen LogP contribution in [-0.2, 0) is 0 Å². The van der Waals surface area contributed by atoms with Gasteiger partial charge >= 0.3 is 0 Å². The molecule has 1 aromatic carbocycles. The summed E-state index contributed by atoms with van der Waals surface area (Å²) in [6.45, 7) is 6.24. The van der Waals surface area contributed by atoms with Gasteiger partial charge in [0.25, 0.3) is 5.22 Å². The van der Waals surface area contributed by atoms with Crippen molar-refractivity contribution < 1.29 is 4.42 Å². The molecule has 0 saturated heterocycles. The van der Waals surface area contributed by atoms with Crippen LogP contribution in [0.4, 0.5) is 5.69 Å². The Morgan fingerprint density at radius 1 is 1.19 bits per heavy atom. The van der Waals surface area contributed by atoms with Crippen molar-refractivity contribution in [3.63, 3.8) is 0 Å². The summed E-state index contributed by atoms with van der Waals surface area (Å²) >= 11 is 1.40. The highest BCUT2D eigenvalue weighted by molar-refractivity contribution is 7.99. The monoisotopic (exact) mass is 302 g/mol. The van der Waals surface area contributed by atoms with Crippen molar-refractivity contribution in [3.05, 3.63) is 24.3 Å². The fourth-order valence-electron chi connectivity index (χ4n) is 1.97. The van der Waals surface area contributed by atoms with Gasteiger partial charge in [-0.25, -0.2) is 0 Å². The zero-order valence-corrected chi connectivity index (χ0v) is 13.1. The summed E-state index contributed by atoms with van der Waals surface area (Å²) < 4.78 is 5.59. The Morgan fingerprint density at radius 3 is 2.52 bits per heavy atom. The summed E-state index contributed by atoms with van der Waals surface area (Å²) in [6, 6.07) is 10.2. The second-order valence-corrected chi connectivity index (χ2v) is 5.40. The van der Waals surface area contributed by atoms with Crippen molar-refractivity contribution >= 4 is 17.4 Å². The Hall–Kier alpha value is -2.00. The first-order chi connectivity index (χ1) is 10.3. The molecule has 0 spiro atoms. The topological polar surface area (TPSA) is 66.0 Å². The Morgan fingerprint density at radius 2 is 1.90 bits per heavy atom. The van der Waals surface area contributed by atoms with Crippen molar-refractivity contribution in [2.75, 3.05) is 23.7 Å². The molecule has 0 aliphatic heterocycles. The molecule has 6 heteroatoms. The third-order valence-corrected chi connectivity index (χ3v) is 3.91. The molecule has 5 nitrogen and oxygen atoms in total. The first kappa shape index (κ1) is 15.4. The molecule has 110 valence electrons. The average Bonchev–Trinajstić information content (AvgIpc) is 2.98. The van der Waals surface area contributed by atoms with E-state index in [2.05, 4.69) is 47.1 Å². The summed E-state index contributed by atoms with van der Waals surface area (Å²) in [4.78, 5) is 2.28. The highest BCUT2D eigenvalue weighted by Gasteiger charge is 2.09. The zero-order valence-electron chi connectivity index (χ0n) is 12.2. The summed E-state index contributed by atoms with van der Waals surface area (Å²) in [5.74, 6) is 1.18. The van der Waals surface area contributed by atoms with E-state index in [1.54, 1.807) is 0 Å². The predicted octanol–water partition coefficient (Wildman–Crippen LogP) is 3.59. The number of hydrogen-bond acceptors (Lipinski definition) is 6. The number of thioether (sulfide) groups is 1. The average molecular weight is 302 g/mol. The van der Waals surface area contributed by atoms with Gasteiger partial charge in [0.2, 0.25) is 5.89 Å². The Balaban J connectivity index is 2.07. The summed E-state index contributed by atoms with van der Waals surface area (Å²) in [5.41, 5.74) is 2.09. The molecule has 0 amide bonds. The Kier molecular flexibility index (Phi) is 5.64. The van der Waals surface area contributed by atoms with Crippen molar-refractivity contribution in [3.8, 4) is 17.5 Å². The zero-order chi connectivity index (χ0) is 15.1. The van der Waals surface area contributed by atoms with Gasteiger partial charge in [0.1, 0.15) is 0 Å². The lowest BCUT2D eigenvalue weighted by Crippen LogP contribution is -2.21. The van der Waals surface area contributed by atoms with Crippen LogP contribution in [0.1, 0.15) is 20.3 Å². The maximum atomic E-state index is 8.50. The largest absolute Gasteiger partial charge is 0.411 e. The molecule has 0 bridgehead atoms. The van der Waals surface area contributed by atoms with Gasteiger partial charge in [-0.1, -0.05) is 11.8 Å². The molecule has 0 atom stereocenters. The number of aromatic nitrogens is 2. The Labute approximate surface area is 129 Å². The van der Waals surface area contributed by atoms with Gasteiger partial charge in [-0.15, -0.1) is 10.2 Å². The fourth-order valence-corrected chi connectivity index (χ4v) is 2.58. The van der Waals surface area contributed by atoms with Crippen molar-refractivity contribution in [2.24, 2.45) is 0 Å². The van der Waals surface area contributed by atoms with Crippen LogP contribution in [0.15, 0.2) is 33.9 Å². The molecule has 0 fully saturated rings. The molecule has 0 aliphatic rings. The molecule has 0 unspecified atom stereocenters. The van der Waals surface area contributed by atoms with Gasteiger partial charge in [0, 0.05) is 36.5 Å². The lowest BCUT2D eigenvalue weighted by atomic mass is 10.2. The van der Waals surface area contributed by atoms with Crippen LogP contribution in [0.25, 0.3) is 11.5 Å². The summed E-state index contributed by atoms with van der Waals surface area (Å²) in [5, 5.41) is 17.0. The van der Waals surface area contributed by atoms with Gasteiger partial charge in [-0.2, -0.15) is 5.26 Å². The van der Waals surface area contributed by atoms with Gasteiger partial charge in [-0.05, 0) is 38.1 Å². The van der Waals surface area contributed by atoms with Crippen LogP contribution in [-0.4, -0.2) is 29.0 Å². The molecule has 0 radical (unpaired) electrons. The quantitative estimate of drug-likeness (QED) is 0.575. The van der Waals surface area contributed by atoms with Crippen molar-refractivity contribution in [1.29, 1.82) is 5.26 Å². The van der Waals surface area contributed by atoms with E-state index in [0.29, 0.717) is 23.3 Å². The normalized spacial score (nSPS) is 10.3. The Bertz CT molecular complexity index is 599. The lowest BCUT2D eigenvalue weighted by molar-refractivity contribution is 0.466. The first-order valence-electron chi connectivity index (χ1n) is 6.97. The van der Waals surface area contributed by atoms with E-state index in [4.69, 9.17) is 9.68 Å². The lowest BCUT2D eigenvalue weighted by Gasteiger charge is -2.20. The first-order valence-corrected chi connectivity index (χ1v) is 7.95. The van der Waals surface area contributed by atoms with Gasteiger partial charge in [0.15, 0.2) is 0 Å². The maximum Gasteiger partial charge on any atom is 0.276 e. The molecule has 0 N–H and O–H groups in total. The van der Waals surface area contributed by atoms with Crippen molar-refractivity contribution in [1.82, 2.24) is 10.2 Å². The summed E-state index contributed by atoms with van der Waals surface area (Å²) in [6.07, 6.45) is 0.473. The second kappa shape index (κ2) is 7.70. The molecule has 2 rings (SSSR count). The highest BCUT2D eigenvalue weighted by atomic mass is 32.2. The van der Waals surface area contributed by atoms with E-state index in [1.807, 2.05) is 12.1 Å². The molecule has 2 aromatic rings. The van der Waals surface area contributed by atoms with Crippen LogP contribution in [0, 0.1) is 11.3 Å². The maximum absolute atomic E-state index is 8.50. The fraction of sp³-hybridized carbons (Fsp3) is 0.400. The second-order valence-electron chi connectivity index (χ2n) is 4.35. The van der Waals surface area contributed by atoms with Crippen molar-refractivity contribution in [2.45, 2.75) is 25.5 Å². The summed E-state index contributed by atoms with van der Waals surface area (Å²) in [7, 11) is 0. The van der Waals surface area contributed by atoms with Crippen LogP contribution in [0.5, 0.6) is 0 Å². The van der Waals surface area contributed by atoms with E-state index in [9.17, 15) is 0 Å². The molecule has 1 aromatic heterocycles. The minimum absolute atomic E-state index is 0.473. The number of nitrogens with zero attached hydrogens (tertiary/aromatic N) is 4. The van der Waals surface area contributed by atoms with E-state index < -0.39 is 0 Å². The minimum Gasteiger partial charge on any atom is -0.411 e. The molecular weight excluding hydrogens is 284 g/mol. The third-order valence-electron chi connectivity index (χ3n) is 3.09. The molecule has 1 heterocycles. The predicted molar refractivity (Wildman–Crippen MR) is 84.2 cm³/mol. The number of anilines is 1. The van der Waals surface area contributed by atoms with Crippen LogP contribution in [0.2, 0.25) is 0 Å².